The number of pyridine rings is 1. The fourth-order valence-corrected chi connectivity index (χ4v) is 3.89. The number of hydrogen-bond donors (Lipinski definition) is 3. The normalized spacial score (nSPS) is 15.6. The Morgan fingerprint density at radius 1 is 1.26 bits per heavy atom. The number of alkyl halides is 1. The van der Waals surface area contributed by atoms with Gasteiger partial charge in [0.25, 0.3) is 5.91 Å². The van der Waals surface area contributed by atoms with Crippen molar-refractivity contribution >= 4 is 23.1 Å². The molecule has 1 saturated heterocycles. The molecule has 2 aromatic rings. The highest BCUT2D eigenvalue weighted by atomic mass is 19.1. The molecule has 7 nitrogen and oxygen atoms in total. The summed E-state index contributed by atoms with van der Waals surface area (Å²) in [4.78, 5) is 18.4. The molecule has 0 atom stereocenters. The maximum atomic E-state index is 13.4. The molecule has 0 bridgehead atoms. The Hall–Kier alpha value is -3.04. The molecule has 4 N–H and O–H groups in total. The van der Waals surface area contributed by atoms with Gasteiger partial charge in [-0.1, -0.05) is 12.1 Å². The van der Waals surface area contributed by atoms with Crippen LogP contribution in [0.1, 0.15) is 35.7 Å². The van der Waals surface area contributed by atoms with Gasteiger partial charge in [-0.3, -0.25) is 4.79 Å². The Morgan fingerprint density at radius 3 is 2.56 bits per heavy atom. The van der Waals surface area contributed by atoms with E-state index in [0.717, 1.165) is 44.6 Å². The van der Waals surface area contributed by atoms with E-state index in [1.165, 1.54) is 18.7 Å². The number of nitrogens with zero attached hydrogens (tertiary/aromatic N) is 2. The Kier molecular flexibility index (Phi) is 9.35. The lowest BCUT2D eigenvalue weighted by molar-refractivity contribution is 0.0415. The second-order valence-electron chi connectivity index (χ2n) is 8.45. The van der Waals surface area contributed by atoms with Crippen molar-refractivity contribution < 1.29 is 18.3 Å². The predicted molar refractivity (Wildman–Crippen MR) is 131 cm³/mol. The summed E-state index contributed by atoms with van der Waals surface area (Å²) >= 11 is 0. The second kappa shape index (κ2) is 12.4. The van der Waals surface area contributed by atoms with Gasteiger partial charge in [0.1, 0.15) is 18.3 Å². The summed E-state index contributed by atoms with van der Waals surface area (Å²) in [6, 6.07) is 9.69. The number of nitrogens with two attached hydrogens (primary N) is 1. The molecule has 1 fully saturated rings. The van der Waals surface area contributed by atoms with Crippen LogP contribution in [0.5, 0.6) is 0 Å². The quantitative estimate of drug-likeness (QED) is 0.453. The zero-order valence-corrected chi connectivity index (χ0v) is 19.7. The maximum Gasteiger partial charge on any atom is 0.252 e. The number of carbonyl (C=O) groups excluding carboxylic acids is 1. The summed E-state index contributed by atoms with van der Waals surface area (Å²) in [6.07, 6.45) is 4.86. The largest absolute Gasteiger partial charge is 0.381 e. The van der Waals surface area contributed by atoms with Crippen molar-refractivity contribution in [1.82, 2.24) is 9.88 Å². The number of piperidine rings is 1. The minimum Gasteiger partial charge on any atom is -0.381 e. The van der Waals surface area contributed by atoms with Crippen molar-refractivity contribution in [3.8, 4) is 0 Å². The van der Waals surface area contributed by atoms with Crippen molar-refractivity contribution in [3.63, 3.8) is 0 Å². The van der Waals surface area contributed by atoms with Gasteiger partial charge < -0.3 is 26.0 Å². The molecule has 0 saturated carbocycles. The zero-order valence-electron chi connectivity index (χ0n) is 19.7. The number of benzene rings is 1. The lowest BCUT2D eigenvalue weighted by Gasteiger charge is -2.31. The first kappa shape index (κ1) is 25.6. The standard InChI is InChI=1S/C25H33F2N5O2/c1-17(27)19(14-26)15-29-23-13-24(30-16-22(23)25(28)33)31-20-5-3-18(4-6-20)7-10-32-11-8-21(34-2)9-12-32/h3-6,13,16,21H,7-12,14-15H2,1-2H3,(H2,28,33)(H2,29,30,31)/b19-17-. The van der Waals surface area contributed by atoms with Crippen LogP contribution in [0, 0.1) is 0 Å². The molecule has 1 amide bonds. The maximum absolute atomic E-state index is 13.4. The first-order valence-corrected chi connectivity index (χ1v) is 11.4. The molecule has 1 aliphatic rings. The molecule has 1 aromatic carbocycles. The Morgan fingerprint density at radius 2 is 1.97 bits per heavy atom. The molecule has 0 unspecified atom stereocenters. The number of hydrogen-bond acceptors (Lipinski definition) is 6. The number of anilines is 3. The number of halogens is 2. The Bertz CT molecular complexity index is 985. The topological polar surface area (TPSA) is 92.5 Å². The fraction of sp³-hybridized carbons (Fsp3) is 0.440. The van der Waals surface area contributed by atoms with Crippen LogP contribution in [0.2, 0.25) is 0 Å². The van der Waals surface area contributed by atoms with Gasteiger partial charge in [0.2, 0.25) is 0 Å². The van der Waals surface area contributed by atoms with Gasteiger partial charge >= 0.3 is 0 Å². The summed E-state index contributed by atoms with van der Waals surface area (Å²) in [5.41, 5.74) is 7.96. The lowest BCUT2D eigenvalue weighted by Crippen LogP contribution is -2.37. The van der Waals surface area contributed by atoms with Crippen LogP contribution < -0.4 is 16.4 Å². The van der Waals surface area contributed by atoms with Crippen molar-refractivity contribution in [2.24, 2.45) is 5.73 Å². The van der Waals surface area contributed by atoms with E-state index in [1.54, 1.807) is 13.2 Å². The van der Waals surface area contributed by atoms with E-state index in [1.807, 2.05) is 12.1 Å². The number of ether oxygens (including phenoxy) is 1. The molecule has 1 aliphatic heterocycles. The van der Waals surface area contributed by atoms with Gasteiger partial charge in [0.15, 0.2) is 0 Å². The second-order valence-corrected chi connectivity index (χ2v) is 8.45. The highest BCUT2D eigenvalue weighted by Crippen LogP contribution is 2.23. The minimum absolute atomic E-state index is 0.0274. The number of methoxy groups -OCH3 is 1. The number of rotatable bonds is 11. The number of primary amides is 1. The predicted octanol–water partition coefficient (Wildman–Crippen LogP) is 4.20. The van der Waals surface area contributed by atoms with Crippen LogP contribution >= 0.6 is 0 Å². The van der Waals surface area contributed by atoms with Crippen molar-refractivity contribution in [2.45, 2.75) is 32.3 Å². The van der Waals surface area contributed by atoms with Gasteiger partial charge in [0, 0.05) is 56.8 Å². The van der Waals surface area contributed by atoms with E-state index in [9.17, 15) is 13.6 Å². The number of amides is 1. The van der Waals surface area contributed by atoms with Gasteiger partial charge in [0.05, 0.1) is 17.4 Å². The third-order valence-electron chi connectivity index (χ3n) is 6.12. The molecular weight excluding hydrogens is 440 g/mol. The number of carbonyl (C=O) groups is 1. The lowest BCUT2D eigenvalue weighted by atomic mass is 10.1. The molecule has 0 radical (unpaired) electrons. The fourth-order valence-electron chi connectivity index (χ4n) is 3.89. The summed E-state index contributed by atoms with van der Waals surface area (Å²) in [7, 11) is 1.78. The molecule has 184 valence electrons. The number of likely N-dealkylation sites (tertiary alicyclic amines) is 1. The van der Waals surface area contributed by atoms with Gasteiger partial charge in [-0.2, -0.15) is 0 Å². The molecule has 0 aliphatic carbocycles. The summed E-state index contributed by atoms with van der Waals surface area (Å²) in [6.45, 7) is 3.33. The molecule has 1 aromatic heterocycles. The SMILES string of the molecule is COC1CCN(CCc2ccc(Nc3cc(NC/C(CF)=C(/C)F)c(C(N)=O)cn3)cc2)CC1. The molecular formula is C25H33F2N5O2. The smallest absolute Gasteiger partial charge is 0.252 e. The molecule has 0 spiro atoms. The zero-order chi connectivity index (χ0) is 24.5. The summed E-state index contributed by atoms with van der Waals surface area (Å²) in [5.74, 6) is -0.799. The minimum atomic E-state index is -0.921. The molecule has 9 heteroatoms. The average molecular weight is 474 g/mol. The highest BCUT2D eigenvalue weighted by molar-refractivity contribution is 5.98. The van der Waals surface area contributed by atoms with Gasteiger partial charge in [-0.05, 0) is 43.9 Å². The molecule has 2 heterocycles. The van der Waals surface area contributed by atoms with Crippen LogP contribution in [0.3, 0.4) is 0 Å². The van der Waals surface area contributed by atoms with Crippen LogP contribution in [-0.2, 0) is 11.2 Å². The number of aromatic nitrogens is 1. The third kappa shape index (κ3) is 7.23. The number of nitrogens with one attached hydrogen (secondary N) is 2. The van der Waals surface area contributed by atoms with Gasteiger partial charge in [-0.25, -0.2) is 13.8 Å². The van der Waals surface area contributed by atoms with E-state index in [-0.39, 0.29) is 17.7 Å². The van der Waals surface area contributed by atoms with E-state index in [0.29, 0.717) is 17.6 Å². The van der Waals surface area contributed by atoms with Crippen molar-refractivity contribution in [3.05, 3.63) is 59.1 Å². The molecule has 34 heavy (non-hydrogen) atoms. The highest BCUT2D eigenvalue weighted by Gasteiger charge is 2.18. The van der Waals surface area contributed by atoms with Gasteiger partial charge in [-0.15, -0.1) is 0 Å². The van der Waals surface area contributed by atoms with Crippen molar-refractivity contribution in [2.75, 3.05) is 50.6 Å². The molecule has 3 rings (SSSR count). The average Bonchev–Trinajstić information content (AvgIpc) is 2.84. The van der Waals surface area contributed by atoms with Crippen molar-refractivity contribution in [1.29, 1.82) is 0 Å². The first-order valence-electron chi connectivity index (χ1n) is 11.4. The Balaban J connectivity index is 1.60. The van der Waals surface area contributed by atoms with E-state index < -0.39 is 18.4 Å². The van der Waals surface area contributed by atoms with E-state index >= 15 is 0 Å². The van der Waals surface area contributed by atoms with Crippen LogP contribution in [0.15, 0.2) is 47.9 Å². The Labute approximate surface area is 199 Å². The number of allylic oxidation sites excluding steroid dienone is 1. The van der Waals surface area contributed by atoms with E-state index in [2.05, 4.69) is 32.7 Å². The van der Waals surface area contributed by atoms with E-state index in [4.69, 9.17) is 10.5 Å². The third-order valence-corrected chi connectivity index (χ3v) is 6.12. The summed E-state index contributed by atoms with van der Waals surface area (Å²) < 4.78 is 31.8. The monoisotopic (exact) mass is 473 g/mol. The summed E-state index contributed by atoms with van der Waals surface area (Å²) in [5, 5.41) is 6.08. The first-order chi connectivity index (χ1) is 16.4. The van der Waals surface area contributed by atoms with Crippen LogP contribution in [0.4, 0.5) is 26.0 Å². The van der Waals surface area contributed by atoms with Crippen LogP contribution in [0.25, 0.3) is 0 Å². The van der Waals surface area contributed by atoms with Crippen LogP contribution in [-0.4, -0.2) is 61.9 Å².